The lowest BCUT2D eigenvalue weighted by Crippen LogP contribution is -2.66. The Morgan fingerprint density at radius 2 is 1.70 bits per heavy atom. The third kappa shape index (κ3) is 6.41. The molecule has 43 heavy (non-hydrogen) atoms. The Hall–Kier alpha value is -1.22. The summed E-state index contributed by atoms with van der Waals surface area (Å²) in [5, 5.41) is 29.4. The number of hydrogen-bond acceptors (Lipinski definition) is 7. The van der Waals surface area contributed by atoms with Crippen LogP contribution in [-0.4, -0.2) is 66.6 Å². The molecule has 0 aromatic heterocycles. The molecule has 248 valence electrons. The Morgan fingerprint density at radius 3 is 2.35 bits per heavy atom. The minimum Gasteiger partial charge on any atom is -0.462 e. The van der Waals surface area contributed by atoms with Crippen LogP contribution in [0.15, 0.2) is 0 Å². The van der Waals surface area contributed by atoms with Crippen molar-refractivity contribution in [2.75, 3.05) is 26.2 Å². The Bertz CT molecular complexity index is 977. The molecule has 0 aromatic carbocycles. The van der Waals surface area contributed by atoms with Gasteiger partial charge in [0, 0.05) is 44.9 Å². The predicted octanol–water partition coefficient (Wildman–Crippen LogP) is 4.26. The predicted molar refractivity (Wildman–Crippen MR) is 170 cm³/mol. The van der Waals surface area contributed by atoms with E-state index in [1.54, 1.807) is 0 Å². The van der Waals surface area contributed by atoms with Crippen molar-refractivity contribution in [3.05, 3.63) is 0 Å². The number of rotatable bonds is 12. The summed E-state index contributed by atoms with van der Waals surface area (Å²) in [6.45, 7) is 17.7. The average Bonchev–Trinajstić information content (AvgIpc) is 3.19. The molecule has 12 atom stereocenters. The first kappa shape index (κ1) is 34.6. The van der Waals surface area contributed by atoms with Crippen LogP contribution in [0.1, 0.15) is 106 Å². The molecule has 4 rings (SSSR count). The molecule has 4 saturated carbocycles. The number of aliphatic hydroxyl groups is 2. The van der Waals surface area contributed by atoms with E-state index >= 15 is 0 Å². The number of hydrogen-bond donors (Lipinski definition) is 5. The van der Waals surface area contributed by atoms with Crippen molar-refractivity contribution >= 4 is 11.9 Å². The maximum absolute atomic E-state index is 14.0. The van der Waals surface area contributed by atoms with Gasteiger partial charge in [-0.05, 0) is 90.8 Å². The second kappa shape index (κ2) is 13.6. The summed E-state index contributed by atoms with van der Waals surface area (Å²) in [5.41, 5.74) is 5.20. The summed E-state index contributed by atoms with van der Waals surface area (Å²) in [5.74, 6) is 0.656. The van der Waals surface area contributed by atoms with E-state index in [1.165, 1.54) is 6.92 Å². The van der Waals surface area contributed by atoms with Crippen LogP contribution in [0.4, 0.5) is 0 Å². The zero-order valence-corrected chi connectivity index (χ0v) is 28.2. The number of aliphatic hydroxyl groups excluding tert-OH is 2. The van der Waals surface area contributed by atoms with E-state index in [-0.39, 0.29) is 69.9 Å². The van der Waals surface area contributed by atoms with Gasteiger partial charge in [0.2, 0.25) is 5.91 Å². The molecule has 0 saturated heterocycles. The van der Waals surface area contributed by atoms with E-state index in [0.29, 0.717) is 44.4 Å². The number of ether oxygens (including phenoxy) is 1. The molecule has 0 aliphatic heterocycles. The summed E-state index contributed by atoms with van der Waals surface area (Å²) in [6.07, 6.45) is 6.71. The second-order valence-corrected chi connectivity index (χ2v) is 16.0. The lowest BCUT2D eigenvalue weighted by Gasteiger charge is -2.69. The number of nitrogens with one attached hydrogen (secondary N) is 2. The molecule has 0 heterocycles. The van der Waals surface area contributed by atoms with Gasteiger partial charge in [0.25, 0.3) is 0 Å². The van der Waals surface area contributed by atoms with Gasteiger partial charge in [-0.25, -0.2) is 0 Å². The first-order chi connectivity index (χ1) is 20.2. The minimum absolute atomic E-state index is 0.0391. The summed E-state index contributed by atoms with van der Waals surface area (Å²) in [4.78, 5) is 26.6. The number of carbonyl (C=O) groups is 2. The molecule has 4 fully saturated rings. The van der Waals surface area contributed by atoms with Crippen LogP contribution < -0.4 is 16.4 Å². The fourth-order valence-electron chi connectivity index (χ4n) is 11.2. The summed E-state index contributed by atoms with van der Waals surface area (Å²) < 4.78 is 6.16. The van der Waals surface area contributed by atoms with Crippen LogP contribution in [0.3, 0.4) is 0 Å². The Kier molecular flexibility index (Phi) is 11.0. The van der Waals surface area contributed by atoms with Crippen molar-refractivity contribution < 1.29 is 24.5 Å². The van der Waals surface area contributed by atoms with Gasteiger partial charge in [-0.1, -0.05) is 54.4 Å². The van der Waals surface area contributed by atoms with Crippen LogP contribution in [-0.2, 0) is 14.3 Å². The van der Waals surface area contributed by atoms with Gasteiger partial charge in [0.05, 0.1) is 12.2 Å². The average molecular weight is 606 g/mol. The third-order valence-electron chi connectivity index (χ3n) is 13.3. The fraction of sp³-hybridized carbons (Fsp3) is 0.943. The molecule has 3 unspecified atom stereocenters. The Morgan fingerprint density at radius 1 is 0.977 bits per heavy atom. The lowest BCUT2D eigenvalue weighted by molar-refractivity contribution is -0.239. The highest BCUT2D eigenvalue weighted by atomic mass is 16.5. The number of carbonyl (C=O) groups excluding carboxylic acids is 2. The van der Waals surface area contributed by atoms with Gasteiger partial charge in [0.1, 0.15) is 6.10 Å². The third-order valence-corrected chi connectivity index (χ3v) is 13.3. The molecule has 8 nitrogen and oxygen atoms in total. The van der Waals surface area contributed by atoms with Crippen molar-refractivity contribution in [2.24, 2.45) is 63.4 Å². The molecule has 8 heteroatoms. The Balaban J connectivity index is 1.69. The topological polar surface area (TPSA) is 134 Å². The molecule has 4 aliphatic carbocycles. The molecular weight excluding hydrogens is 542 g/mol. The highest BCUT2D eigenvalue weighted by molar-refractivity contribution is 5.79. The Labute approximate surface area is 261 Å². The number of amides is 1. The number of nitrogens with two attached hydrogens (primary N) is 1. The molecule has 0 radical (unpaired) electrons. The van der Waals surface area contributed by atoms with Crippen molar-refractivity contribution in [3.8, 4) is 0 Å². The van der Waals surface area contributed by atoms with Gasteiger partial charge in [-0.15, -0.1) is 0 Å². The van der Waals surface area contributed by atoms with Crippen LogP contribution in [0, 0.1) is 57.7 Å². The highest BCUT2D eigenvalue weighted by Crippen LogP contribution is 2.74. The maximum Gasteiger partial charge on any atom is 0.302 e. The zero-order chi connectivity index (χ0) is 31.7. The van der Waals surface area contributed by atoms with E-state index in [0.717, 1.165) is 51.4 Å². The van der Waals surface area contributed by atoms with Crippen molar-refractivity contribution in [2.45, 2.75) is 125 Å². The van der Waals surface area contributed by atoms with Crippen molar-refractivity contribution in [1.82, 2.24) is 10.6 Å². The van der Waals surface area contributed by atoms with Gasteiger partial charge < -0.3 is 31.3 Å². The molecule has 1 amide bonds. The van der Waals surface area contributed by atoms with E-state index in [2.05, 4.69) is 52.2 Å². The molecule has 6 N–H and O–H groups in total. The van der Waals surface area contributed by atoms with Crippen molar-refractivity contribution in [3.63, 3.8) is 0 Å². The second-order valence-electron chi connectivity index (χ2n) is 16.0. The van der Waals surface area contributed by atoms with Gasteiger partial charge in [-0.3, -0.25) is 9.59 Å². The maximum atomic E-state index is 14.0. The molecular formula is C35H63N3O5. The van der Waals surface area contributed by atoms with Crippen LogP contribution >= 0.6 is 0 Å². The number of esters is 1. The molecule has 0 bridgehead atoms. The smallest absolute Gasteiger partial charge is 0.302 e. The first-order valence-electron chi connectivity index (χ1n) is 17.4. The van der Waals surface area contributed by atoms with E-state index in [4.69, 9.17) is 10.5 Å². The van der Waals surface area contributed by atoms with Gasteiger partial charge >= 0.3 is 5.97 Å². The van der Waals surface area contributed by atoms with E-state index in [9.17, 15) is 19.8 Å². The largest absolute Gasteiger partial charge is 0.462 e. The molecule has 4 aliphatic rings. The van der Waals surface area contributed by atoms with Crippen LogP contribution in [0.25, 0.3) is 0 Å². The molecule has 0 spiro atoms. The van der Waals surface area contributed by atoms with Crippen molar-refractivity contribution in [1.29, 1.82) is 0 Å². The highest BCUT2D eigenvalue weighted by Gasteiger charge is 2.72. The quantitative estimate of drug-likeness (QED) is 0.166. The normalized spacial score (nSPS) is 43.0. The summed E-state index contributed by atoms with van der Waals surface area (Å²) >= 11 is 0. The molecule has 0 aromatic rings. The standard InChI is InChI=1S/C35H63N3O5/c1-21(2)9-8-10-24(32(42)38-18-17-37-16-15-36)30-26-19-28(41)31-33(5)13-12-27(40)22(3)25(33)11-14-34(31,6)35(26,7)20-29(30)43-23(4)39/h21-22,24-31,37,40-41H,8-20,36H2,1-7H3,(H,38,42)/t22-,24-,25?,26?,27+,28+,29-,30-,31?,33-,34-,35-/m0/s1. The SMILES string of the molecule is CC(=O)O[C@H]1C[C@@]2(C)C(C[C@@H](O)C3[C@@]4(C)CC[C@@H](O)[C@@H](C)C4CC[C@@]32C)[C@@H]1[C@H](CCCC(C)C)C(=O)NCCNCCN. The van der Waals surface area contributed by atoms with Gasteiger partial charge in [0.15, 0.2) is 0 Å². The fourth-order valence-corrected chi connectivity index (χ4v) is 11.2. The minimum atomic E-state index is -0.489. The summed E-state index contributed by atoms with van der Waals surface area (Å²) in [6, 6.07) is 0. The first-order valence-corrected chi connectivity index (χ1v) is 17.4. The number of fused-ring (bicyclic) bond motifs is 5. The van der Waals surface area contributed by atoms with Crippen LogP contribution in [0.2, 0.25) is 0 Å². The van der Waals surface area contributed by atoms with E-state index in [1.807, 2.05) is 0 Å². The van der Waals surface area contributed by atoms with E-state index < -0.39 is 6.10 Å². The van der Waals surface area contributed by atoms with Gasteiger partial charge in [-0.2, -0.15) is 0 Å². The van der Waals surface area contributed by atoms with Crippen LogP contribution in [0.5, 0.6) is 0 Å². The summed E-state index contributed by atoms with van der Waals surface area (Å²) in [7, 11) is 0. The zero-order valence-electron chi connectivity index (χ0n) is 28.2. The monoisotopic (exact) mass is 605 g/mol. The lowest BCUT2D eigenvalue weighted by atomic mass is 9.36.